The van der Waals surface area contributed by atoms with Gasteiger partial charge in [0.2, 0.25) is 11.7 Å². The van der Waals surface area contributed by atoms with Gasteiger partial charge < -0.3 is 33.8 Å². The van der Waals surface area contributed by atoms with E-state index < -0.39 is 17.8 Å². The van der Waals surface area contributed by atoms with Crippen molar-refractivity contribution >= 4 is 11.8 Å². The molecule has 0 aliphatic carbocycles. The molecule has 2 amide bonds. The highest BCUT2D eigenvalue weighted by Gasteiger charge is 2.25. The summed E-state index contributed by atoms with van der Waals surface area (Å²) in [5.74, 6) is 0.0632. The Balaban J connectivity index is 1.04. The van der Waals surface area contributed by atoms with E-state index in [1.807, 2.05) is 0 Å². The maximum atomic E-state index is 14.8. The van der Waals surface area contributed by atoms with Crippen molar-refractivity contribution in [2.24, 2.45) is 0 Å². The fourth-order valence-electron chi connectivity index (χ4n) is 4.58. The highest BCUT2D eigenvalue weighted by atomic mass is 19.1. The number of H-pyrrole nitrogens is 1. The standard InChI is InChI=1S/C28H31FN6O5/c1-19(31-26(36)24-5-2-15-39-24)28(37)35-12-3-10-34(13-14-35)11-4-16-38-21-6-7-22(23(29)17-21)25-32-27(40-33-25)20-8-9-30-18-20/h2,5-9,15,17-19,30H,3-4,10-14,16H2,1H3,(H,31,36)/t19-/m0/s1. The van der Waals surface area contributed by atoms with Gasteiger partial charge in [0.25, 0.3) is 11.8 Å². The summed E-state index contributed by atoms with van der Waals surface area (Å²) < 4.78 is 30.9. The molecule has 0 saturated carbocycles. The molecule has 0 spiro atoms. The van der Waals surface area contributed by atoms with Crippen molar-refractivity contribution in [3.8, 4) is 28.6 Å². The van der Waals surface area contributed by atoms with Gasteiger partial charge in [0, 0.05) is 44.6 Å². The van der Waals surface area contributed by atoms with Crippen LogP contribution in [0.4, 0.5) is 4.39 Å². The van der Waals surface area contributed by atoms with Crippen LogP contribution in [0.25, 0.3) is 22.8 Å². The topological polar surface area (TPSA) is 130 Å². The van der Waals surface area contributed by atoms with Gasteiger partial charge in [-0.2, -0.15) is 4.98 Å². The zero-order chi connectivity index (χ0) is 27.9. The molecule has 4 aromatic rings. The molecule has 3 aromatic heterocycles. The van der Waals surface area contributed by atoms with E-state index in [2.05, 4.69) is 25.3 Å². The Kier molecular flexibility index (Phi) is 8.55. The first kappa shape index (κ1) is 27.1. The number of nitrogens with one attached hydrogen (secondary N) is 2. The van der Waals surface area contributed by atoms with Crippen LogP contribution in [0.15, 0.2) is 64.0 Å². The fourth-order valence-corrected chi connectivity index (χ4v) is 4.58. The number of amides is 2. The summed E-state index contributed by atoms with van der Waals surface area (Å²) in [7, 11) is 0. The molecule has 1 aromatic carbocycles. The monoisotopic (exact) mass is 550 g/mol. The zero-order valence-corrected chi connectivity index (χ0v) is 22.1. The van der Waals surface area contributed by atoms with Crippen molar-refractivity contribution in [3.05, 3.63) is 66.6 Å². The number of halogens is 1. The average Bonchev–Trinajstić information content (AvgIpc) is 3.73. The molecular weight excluding hydrogens is 519 g/mol. The van der Waals surface area contributed by atoms with Crippen molar-refractivity contribution in [2.75, 3.05) is 39.3 Å². The predicted octanol–water partition coefficient (Wildman–Crippen LogP) is 3.59. The number of nitrogens with zero attached hydrogens (tertiary/aromatic N) is 4. The number of carbonyl (C=O) groups is 2. The first-order chi connectivity index (χ1) is 19.5. The van der Waals surface area contributed by atoms with Crippen molar-refractivity contribution in [3.63, 3.8) is 0 Å². The van der Waals surface area contributed by atoms with Crippen LogP contribution < -0.4 is 10.1 Å². The third-order valence-electron chi connectivity index (χ3n) is 6.70. The fraction of sp³-hybridized carbons (Fsp3) is 0.357. The van der Waals surface area contributed by atoms with E-state index in [0.29, 0.717) is 31.3 Å². The number of carbonyl (C=O) groups excluding carboxylic acids is 2. The van der Waals surface area contributed by atoms with Crippen LogP contribution in [0.2, 0.25) is 0 Å². The molecule has 1 fully saturated rings. The molecule has 40 heavy (non-hydrogen) atoms. The molecule has 210 valence electrons. The number of hydrogen-bond acceptors (Lipinski definition) is 8. The van der Waals surface area contributed by atoms with E-state index in [4.69, 9.17) is 13.7 Å². The normalized spacial score (nSPS) is 15.0. The molecule has 5 rings (SSSR count). The van der Waals surface area contributed by atoms with Gasteiger partial charge in [-0.05, 0) is 56.6 Å². The lowest BCUT2D eigenvalue weighted by Gasteiger charge is -2.25. The van der Waals surface area contributed by atoms with Crippen LogP contribution in [0.3, 0.4) is 0 Å². The first-order valence-corrected chi connectivity index (χ1v) is 13.2. The molecule has 0 unspecified atom stereocenters. The Morgan fingerprint density at radius 2 is 2.10 bits per heavy atom. The zero-order valence-electron chi connectivity index (χ0n) is 22.1. The van der Waals surface area contributed by atoms with Crippen molar-refractivity contribution < 1.29 is 27.7 Å². The molecule has 0 bridgehead atoms. The van der Waals surface area contributed by atoms with E-state index in [0.717, 1.165) is 38.0 Å². The van der Waals surface area contributed by atoms with Gasteiger partial charge in [0.1, 0.15) is 17.6 Å². The van der Waals surface area contributed by atoms with Gasteiger partial charge in [-0.3, -0.25) is 9.59 Å². The van der Waals surface area contributed by atoms with Gasteiger partial charge in [-0.25, -0.2) is 4.39 Å². The minimum atomic E-state index is -0.648. The number of aromatic amines is 1. The molecular formula is C28H31FN6O5. The molecule has 1 aliphatic heterocycles. The smallest absolute Gasteiger partial charge is 0.287 e. The first-order valence-electron chi connectivity index (χ1n) is 13.2. The second kappa shape index (κ2) is 12.6. The third-order valence-corrected chi connectivity index (χ3v) is 6.70. The number of furan rings is 1. The van der Waals surface area contributed by atoms with E-state index in [1.165, 1.54) is 12.3 Å². The van der Waals surface area contributed by atoms with Crippen LogP contribution >= 0.6 is 0 Å². The predicted molar refractivity (Wildman–Crippen MR) is 143 cm³/mol. The van der Waals surface area contributed by atoms with Crippen LogP contribution in [0, 0.1) is 5.82 Å². The summed E-state index contributed by atoms with van der Waals surface area (Å²) in [5, 5.41) is 6.58. The van der Waals surface area contributed by atoms with Gasteiger partial charge in [0.15, 0.2) is 5.76 Å². The van der Waals surface area contributed by atoms with Gasteiger partial charge >= 0.3 is 0 Å². The number of rotatable bonds is 10. The Morgan fingerprint density at radius 3 is 2.88 bits per heavy atom. The highest BCUT2D eigenvalue weighted by Crippen LogP contribution is 2.26. The lowest BCUT2D eigenvalue weighted by molar-refractivity contribution is -0.132. The Hall–Kier alpha value is -4.45. The Labute approximate surface area is 230 Å². The SMILES string of the molecule is C[C@H](NC(=O)c1ccco1)C(=O)N1CCCN(CCCOc2ccc(-c3noc(-c4cc[nH]c4)n3)c(F)c2)CC1. The van der Waals surface area contributed by atoms with Crippen LogP contribution in [-0.4, -0.2) is 82.1 Å². The number of benzene rings is 1. The summed E-state index contributed by atoms with van der Waals surface area (Å²) in [5.41, 5.74) is 0.961. The summed E-state index contributed by atoms with van der Waals surface area (Å²) in [6.45, 7) is 5.69. The van der Waals surface area contributed by atoms with E-state index in [-0.39, 0.29) is 23.1 Å². The molecule has 4 heterocycles. The summed E-state index contributed by atoms with van der Waals surface area (Å²) in [4.78, 5) is 36.3. The second-order valence-electron chi connectivity index (χ2n) is 9.56. The van der Waals surface area contributed by atoms with Gasteiger partial charge in [0.05, 0.1) is 24.0 Å². The second-order valence-corrected chi connectivity index (χ2v) is 9.56. The lowest BCUT2D eigenvalue weighted by Crippen LogP contribution is -2.48. The number of aromatic nitrogens is 3. The van der Waals surface area contributed by atoms with E-state index >= 15 is 0 Å². The maximum Gasteiger partial charge on any atom is 0.287 e. The number of ether oxygens (including phenoxy) is 1. The lowest BCUT2D eigenvalue weighted by atomic mass is 10.2. The summed E-state index contributed by atoms with van der Waals surface area (Å²) >= 11 is 0. The van der Waals surface area contributed by atoms with Gasteiger partial charge in [-0.15, -0.1) is 0 Å². The van der Waals surface area contributed by atoms with E-state index in [9.17, 15) is 14.0 Å². The molecule has 2 N–H and O–H groups in total. The van der Waals surface area contributed by atoms with Gasteiger partial charge in [-0.1, -0.05) is 5.16 Å². The van der Waals surface area contributed by atoms with Crippen molar-refractivity contribution in [2.45, 2.75) is 25.8 Å². The average molecular weight is 551 g/mol. The number of hydrogen-bond donors (Lipinski definition) is 2. The highest BCUT2D eigenvalue weighted by molar-refractivity contribution is 5.95. The molecule has 1 saturated heterocycles. The molecule has 1 atom stereocenters. The molecule has 11 nitrogen and oxygen atoms in total. The third kappa shape index (κ3) is 6.57. The maximum absolute atomic E-state index is 14.8. The minimum Gasteiger partial charge on any atom is -0.493 e. The van der Waals surface area contributed by atoms with Crippen LogP contribution in [-0.2, 0) is 4.79 Å². The Morgan fingerprint density at radius 1 is 1.20 bits per heavy atom. The summed E-state index contributed by atoms with van der Waals surface area (Å²) in [6.07, 6.45) is 6.46. The molecule has 12 heteroatoms. The van der Waals surface area contributed by atoms with Crippen LogP contribution in [0.5, 0.6) is 5.75 Å². The van der Waals surface area contributed by atoms with Crippen molar-refractivity contribution in [1.82, 2.24) is 30.2 Å². The van der Waals surface area contributed by atoms with Crippen molar-refractivity contribution in [1.29, 1.82) is 0 Å². The largest absolute Gasteiger partial charge is 0.493 e. The van der Waals surface area contributed by atoms with E-state index in [1.54, 1.807) is 54.5 Å². The quantitative estimate of drug-likeness (QED) is 0.287. The Bertz CT molecular complexity index is 1400. The molecule has 0 radical (unpaired) electrons. The van der Waals surface area contributed by atoms with Crippen LogP contribution in [0.1, 0.15) is 30.3 Å². The summed E-state index contributed by atoms with van der Waals surface area (Å²) in [6, 6.07) is 8.92. The molecule has 1 aliphatic rings. The minimum absolute atomic E-state index is 0.114.